The highest BCUT2D eigenvalue weighted by Gasteiger charge is 2.10. The largest absolute Gasteiger partial charge is 0.454 e. The van der Waals surface area contributed by atoms with Gasteiger partial charge in [-0.1, -0.05) is 12.1 Å². The van der Waals surface area contributed by atoms with E-state index in [2.05, 4.69) is 28.7 Å². The summed E-state index contributed by atoms with van der Waals surface area (Å²) < 4.78 is 5.29. The molecule has 1 heterocycles. The maximum Gasteiger partial charge on any atom is 0.338 e. The molecule has 0 saturated heterocycles. The predicted octanol–water partition coefficient (Wildman–Crippen LogP) is 3.13. The number of nitrogens with zero attached hydrogens (tertiary/aromatic N) is 2. The van der Waals surface area contributed by atoms with Crippen LogP contribution in [0.25, 0.3) is 10.9 Å². The van der Waals surface area contributed by atoms with Gasteiger partial charge in [0, 0.05) is 18.8 Å². The molecule has 0 bridgehead atoms. The second-order valence-electron chi connectivity index (χ2n) is 5.83. The van der Waals surface area contributed by atoms with Crippen molar-refractivity contribution in [3.63, 3.8) is 0 Å². The average molecular weight is 351 g/mol. The number of benzene rings is 2. The molecule has 0 amide bonds. The molecule has 0 aliphatic carbocycles. The minimum Gasteiger partial charge on any atom is -0.454 e. The lowest BCUT2D eigenvalue weighted by atomic mass is 10.2. The van der Waals surface area contributed by atoms with E-state index in [9.17, 15) is 9.59 Å². The highest BCUT2D eigenvalue weighted by atomic mass is 16.5. The monoisotopic (exact) mass is 351 g/mol. The third kappa shape index (κ3) is 3.74. The molecule has 0 spiro atoms. The van der Waals surface area contributed by atoms with Crippen molar-refractivity contribution in [3.05, 3.63) is 70.3 Å². The van der Waals surface area contributed by atoms with Crippen molar-refractivity contribution >= 4 is 22.6 Å². The molecule has 6 heteroatoms. The fraction of sp³-hybridized carbons (Fsp3) is 0.250. The van der Waals surface area contributed by atoms with E-state index >= 15 is 0 Å². The number of ether oxygens (including phenoxy) is 1. The van der Waals surface area contributed by atoms with E-state index in [-0.39, 0.29) is 12.2 Å². The normalized spacial score (nSPS) is 10.7. The Morgan fingerprint density at radius 2 is 1.77 bits per heavy atom. The number of carbonyl (C=O) groups excluding carboxylic acids is 1. The van der Waals surface area contributed by atoms with E-state index in [1.54, 1.807) is 30.3 Å². The number of aromatic amines is 1. The quantitative estimate of drug-likeness (QED) is 0.691. The zero-order valence-corrected chi connectivity index (χ0v) is 14.9. The van der Waals surface area contributed by atoms with Crippen molar-refractivity contribution in [2.75, 3.05) is 18.0 Å². The molecule has 1 aromatic heterocycles. The van der Waals surface area contributed by atoms with Gasteiger partial charge in [0.05, 0.1) is 16.5 Å². The molecule has 6 nitrogen and oxygen atoms in total. The number of esters is 1. The Morgan fingerprint density at radius 1 is 1.08 bits per heavy atom. The number of hydrogen-bond donors (Lipinski definition) is 1. The number of aromatic nitrogens is 2. The first-order valence-electron chi connectivity index (χ1n) is 8.62. The molecule has 2 aromatic carbocycles. The van der Waals surface area contributed by atoms with Gasteiger partial charge in [-0.3, -0.25) is 4.79 Å². The molecule has 3 aromatic rings. The minimum absolute atomic E-state index is 0.0866. The van der Waals surface area contributed by atoms with Gasteiger partial charge >= 0.3 is 5.97 Å². The molecule has 0 fully saturated rings. The van der Waals surface area contributed by atoms with Crippen LogP contribution in [0, 0.1) is 0 Å². The van der Waals surface area contributed by atoms with Gasteiger partial charge in [0.2, 0.25) is 0 Å². The second kappa shape index (κ2) is 7.82. The van der Waals surface area contributed by atoms with Crippen molar-refractivity contribution in [1.29, 1.82) is 0 Å². The fourth-order valence-corrected chi connectivity index (χ4v) is 2.82. The lowest BCUT2D eigenvalue weighted by Crippen LogP contribution is -2.21. The Labute approximate surface area is 151 Å². The molecule has 134 valence electrons. The van der Waals surface area contributed by atoms with Crippen LogP contribution in [0.5, 0.6) is 0 Å². The average Bonchev–Trinajstić information content (AvgIpc) is 2.68. The van der Waals surface area contributed by atoms with Gasteiger partial charge in [0.15, 0.2) is 0 Å². The minimum atomic E-state index is -0.452. The number of anilines is 1. The zero-order valence-electron chi connectivity index (χ0n) is 14.9. The SMILES string of the molecule is CCN(CC)c1ccc(C(=O)OCc2nc3ccccc3c(=O)[nH]2)cc1. The van der Waals surface area contributed by atoms with E-state index in [4.69, 9.17) is 4.74 Å². The Kier molecular flexibility index (Phi) is 5.31. The van der Waals surface area contributed by atoms with Crippen LogP contribution in [0.15, 0.2) is 53.3 Å². The van der Waals surface area contributed by atoms with Crippen LogP contribution in [0.1, 0.15) is 30.0 Å². The number of H-pyrrole nitrogens is 1. The standard InChI is InChI=1S/C20H21N3O3/c1-3-23(4-2)15-11-9-14(10-12-15)20(25)26-13-18-21-17-8-6-5-7-16(17)19(24)22-18/h5-12H,3-4,13H2,1-2H3,(H,21,22,24). The molecule has 3 rings (SSSR count). The van der Waals surface area contributed by atoms with Crippen LogP contribution >= 0.6 is 0 Å². The fourth-order valence-electron chi connectivity index (χ4n) is 2.82. The van der Waals surface area contributed by atoms with Gasteiger partial charge in [-0.25, -0.2) is 9.78 Å². The van der Waals surface area contributed by atoms with E-state index in [1.807, 2.05) is 18.2 Å². The maximum atomic E-state index is 12.2. The molecule has 0 atom stereocenters. The van der Waals surface area contributed by atoms with Crippen LogP contribution in [-0.2, 0) is 11.3 Å². The number of rotatable bonds is 6. The third-order valence-corrected chi connectivity index (χ3v) is 4.23. The molecule has 26 heavy (non-hydrogen) atoms. The summed E-state index contributed by atoms with van der Waals surface area (Å²) in [7, 11) is 0. The Morgan fingerprint density at radius 3 is 2.46 bits per heavy atom. The number of hydrogen-bond acceptors (Lipinski definition) is 5. The predicted molar refractivity (Wildman–Crippen MR) is 101 cm³/mol. The third-order valence-electron chi connectivity index (χ3n) is 4.23. The number of carbonyl (C=O) groups is 1. The summed E-state index contributed by atoms with van der Waals surface area (Å²) in [5.41, 5.74) is 1.85. The van der Waals surface area contributed by atoms with Crippen molar-refractivity contribution in [1.82, 2.24) is 9.97 Å². The molecule has 0 aliphatic rings. The molecule has 0 aliphatic heterocycles. The summed E-state index contributed by atoms with van der Waals surface area (Å²) in [6.07, 6.45) is 0. The maximum absolute atomic E-state index is 12.2. The van der Waals surface area contributed by atoms with Crippen LogP contribution in [-0.4, -0.2) is 29.0 Å². The van der Waals surface area contributed by atoms with Gasteiger partial charge in [-0.15, -0.1) is 0 Å². The lowest BCUT2D eigenvalue weighted by Gasteiger charge is -2.20. The molecule has 0 radical (unpaired) electrons. The number of nitrogens with one attached hydrogen (secondary N) is 1. The first kappa shape index (κ1) is 17.7. The smallest absolute Gasteiger partial charge is 0.338 e. The molecular formula is C20H21N3O3. The van der Waals surface area contributed by atoms with Gasteiger partial charge in [0.25, 0.3) is 5.56 Å². The van der Waals surface area contributed by atoms with Crippen molar-refractivity contribution in [2.24, 2.45) is 0 Å². The van der Waals surface area contributed by atoms with E-state index < -0.39 is 5.97 Å². The van der Waals surface area contributed by atoms with Gasteiger partial charge in [-0.05, 0) is 50.2 Å². The van der Waals surface area contributed by atoms with Crippen LogP contribution in [0.2, 0.25) is 0 Å². The van der Waals surface area contributed by atoms with E-state index in [0.717, 1.165) is 18.8 Å². The highest BCUT2D eigenvalue weighted by Crippen LogP contribution is 2.16. The number of para-hydroxylation sites is 1. The second-order valence-corrected chi connectivity index (χ2v) is 5.83. The molecule has 1 N–H and O–H groups in total. The zero-order chi connectivity index (χ0) is 18.5. The Bertz CT molecular complexity index is 960. The van der Waals surface area contributed by atoms with Crippen LogP contribution in [0.4, 0.5) is 5.69 Å². The van der Waals surface area contributed by atoms with Crippen molar-refractivity contribution in [2.45, 2.75) is 20.5 Å². The first-order chi connectivity index (χ1) is 12.6. The van der Waals surface area contributed by atoms with Gasteiger partial charge in [0.1, 0.15) is 12.4 Å². The summed E-state index contributed by atoms with van der Waals surface area (Å²) >= 11 is 0. The topological polar surface area (TPSA) is 75.3 Å². The highest BCUT2D eigenvalue weighted by molar-refractivity contribution is 5.89. The van der Waals surface area contributed by atoms with E-state index in [1.165, 1.54) is 0 Å². The Balaban J connectivity index is 1.70. The van der Waals surface area contributed by atoms with Crippen molar-refractivity contribution < 1.29 is 9.53 Å². The van der Waals surface area contributed by atoms with Crippen molar-refractivity contribution in [3.8, 4) is 0 Å². The van der Waals surface area contributed by atoms with Crippen LogP contribution in [0.3, 0.4) is 0 Å². The number of fused-ring (bicyclic) bond motifs is 1. The first-order valence-corrected chi connectivity index (χ1v) is 8.62. The summed E-state index contributed by atoms with van der Waals surface area (Å²) in [6, 6.07) is 14.3. The lowest BCUT2D eigenvalue weighted by molar-refractivity contribution is 0.0462. The summed E-state index contributed by atoms with van der Waals surface area (Å²) in [5.74, 6) is -0.131. The van der Waals surface area contributed by atoms with E-state index in [0.29, 0.717) is 22.3 Å². The summed E-state index contributed by atoms with van der Waals surface area (Å²) in [4.78, 5) is 33.4. The summed E-state index contributed by atoms with van der Waals surface area (Å²) in [5, 5.41) is 0.509. The summed E-state index contributed by atoms with van der Waals surface area (Å²) in [6.45, 7) is 5.89. The molecular weight excluding hydrogens is 330 g/mol. The molecule has 0 saturated carbocycles. The molecule has 0 unspecified atom stereocenters. The van der Waals surface area contributed by atoms with Gasteiger partial charge in [-0.2, -0.15) is 0 Å². The van der Waals surface area contributed by atoms with Gasteiger partial charge < -0.3 is 14.6 Å². The Hall–Kier alpha value is -3.15. The van der Waals surface area contributed by atoms with Crippen LogP contribution < -0.4 is 10.5 Å².